The highest BCUT2D eigenvalue weighted by Gasteiger charge is 2.22. The van der Waals surface area contributed by atoms with Gasteiger partial charge in [0.05, 0.1) is 23.5 Å². The molecule has 0 bridgehead atoms. The lowest BCUT2D eigenvalue weighted by Crippen LogP contribution is -2.14. The molecule has 4 rings (SSSR count). The number of nitrogens with one attached hydrogen (secondary N) is 1. The van der Waals surface area contributed by atoms with Crippen LogP contribution in [-0.4, -0.2) is 38.0 Å². The molecule has 36 heavy (non-hydrogen) atoms. The van der Waals surface area contributed by atoms with Crippen LogP contribution in [-0.2, 0) is 14.6 Å². The van der Waals surface area contributed by atoms with Crippen molar-refractivity contribution in [2.24, 2.45) is 0 Å². The van der Waals surface area contributed by atoms with Crippen LogP contribution < -0.4 is 10.1 Å². The zero-order chi connectivity index (χ0) is 25.5. The highest BCUT2D eigenvalue weighted by atomic mass is 32.2. The Balaban J connectivity index is 1.45. The monoisotopic (exact) mass is 520 g/mol. The summed E-state index contributed by atoms with van der Waals surface area (Å²) in [5.74, 6) is -0.153. The van der Waals surface area contributed by atoms with E-state index in [1.54, 1.807) is 36.4 Å². The number of hydrogen-bond acceptors (Lipinski definition) is 7. The first-order valence-corrected chi connectivity index (χ1v) is 13.7. The molecule has 7 nitrogen and oxygen atoms in total. The van der Waals surface area contributed by atoms with Crippen LogP contribution in [0.4, 0.5) is 5.13 Å². The summed E-state index contributed by atoms with van der Waals surface area (Å²) in [6.07, 6.45) is 0.143. The van der Waals surface area contributed by atoms with Crippen molar-refractivity contribution in [2.75, 3.05) is 18.2 Å². The summed E-state index contributed by atoms with van der Waals surface area (Å²) in [5, 5.41) is 3.01. The Morgan fingerprint density at radius 3 is 2.19 bits per heavy atom. The molecule has 184 valence electrons. The highest BCUT2D eigenvalue weighted by Crippen LogP contribution is 2.33. The second-order valence-corrected chi connectivity index (χ2v) is 11.0. The van der Waals surface area contributed by atoms with Crippen molar-refractivity contribution in [1.82, 2.24) is 4.98 Å². The van der Waals surface area contributed by atoms with Gasteiger partial charge in [-0.25, -0.2) is 13.4 Å². The number of rotatable bonds is 10. The van der Waals surface area contributed by atoms with Crippen LogP contribution in [0.5, 0.6) is 5.75 Å². The maximum atomic E-state index is 13.2. The van der Waals surface area contributed by atoms with Crippen LogP contribution in [0.1, 0.15) is 28.1 Å². The first kappa shape index (κ1) is 25.3. The zero-order valence-corrected chi connectivity index (χ0v) is 21.1. The summed E-state index contributed by atoms with van der Waals surface area (Å²) >= 11 is 1.10. The maximum absolute atomic E-state index is 13.2. The van der Waals surface area contributed by atoms with Crippen molar-refractivity contribution >= 4 is 38.0 Å². The van der Waals surface area contributed by atoms with E-state index in [9.17, 15) is 18.0 Å². The lowest BCUT2D eigenvalue weighted by Gasteiger charge is -2.06. The Labute approximate surface area is 213 Å². The number of ether oxygens (including phenoxy) is 1. The van der Waals surface area contributed by atoms with E-state index >= 15 is 0 Å². The van der Waals surface area contributed by atoms with E-state index in [1.165, 1.54) is 19.2 Å². The summed E-state index contributed by atoms with van der Waals surface area (Å²) in [6, 6.07) is 24.3. The molecule has 9 heteroatoms. The van der Waals surface area contributed by atoms with Gasteiger partial charge in [0.15, 0.2) is 15.0 Å². The molecule has 3 aromatic carbocycles. The van der Waals surface area contributed by atoms with E-state index in [1.807, 2.05) is 36.4 Å². The molecule has 1 amide bonds. The molecular weight excluding hydrogens is 496 g/mol. The van der Waals surface area contributed by atoms with Gasteiger partial charge in [-0.15, -0.1) is 0 Å². The van der Waals surface area contributed by atoms with Gasteiger partial charge >= 0.3 is 0 Å². The predicted molar refractivity (Wildman–Crippen MR) is 140 cm³/mol. The summed E-state index contributed by atoms with van der Waals surface area (Å²) in [5.41, 5.74) is 1.78. The van der Waals surface area contributed by atoms with Gasteiger partial charge in [0.2, 0.25) is 11.7 Å². The largest absolute Gasteiger partial charge is 0.497 e. The van der Waals surface area contributed by atoms with Gasteiger partial charge in [-0.05, 0) is 30.7 Å². The number of aromatic nitrogens is 1. The first-order chi connectivity index (χ1) is 17.4. The van der Waals surface area contributed by atoms with Gasteiger partial charge in [-0.3, -0.25) is 9.59 Å². The fraction of sp³-hybridized carbons (Fsp3) is 0.148. The molecule has 0 spiro atoms. The minimum Gasteiger partial charge on any atom is -0.497 e. The van der Waals surface area contributed by atoms with Gasteiger partial charge in [-0.2, -0.15) is 0 Å². The molecule has 0 aliphatic carbocycles. The molecule has 0 aliphatic rings. The van der Waals surface area contributed by atoms with Gasteiger partial charge in [-0.1, -0.05) is 72.0 Å². The van der Waals surface area contributed by atoms with E-state index < -0.39 is 9.84 Å². The molecule has 1 heterocycles. The smallest absolute Gasteiger partial charge is 0.226 e. The number of anilines is 1. The number of carbonyl (C=O) groups is 2. The van der Waals surface area contributed by atoms with E-state index in [2.05, 4.69) is 10.3 Å². The molecule has 1 N–H and O–H groups in total. The van der Waals surface area contributed by atoms with Crippen LogP contribution in [0.15, 0.2) is 89.8 Å². The fourth-order valence-electron chi connectivity index (χ4n) is 3.55. The topological polar surface area (TPSA) is 102 Å². The number of thiazole rings is 1. The fourth-order valence-corrected chi connectivity index (χ4v) is 5.82. The van der Waals surface area contributed by atoms with Crippen LogP contribution in [0, 0.1) is 0 Å². The molecular formula is C27H24N2O5S2. The average Bonchev–Trinajstić information content (AvgIpc) is 3.32. The molecule has 0 saturated carbocycles. The minimum atomic E-state index is -3.53. The van der Waals surface area contributed by atoms with Crippen LogP contribution in [0.2, 0.25) is 0 Å². The van der Waals surface area contributed by atoms with Crippen molar-refractivity contribution in [1.29, 1.82) is 0 Å². The second-order valence-electron chi connectivity index (χ2n) is 7.90. The van der Waals surface area contributed by atoms with Gasteiger partial charge < -0.3 is 10.1 Å². The van der Waals surface area contributed by atoms with Crippen LogP contribution in [0.3, 0.4) is 0 Å². The van der Waals surface area contributed by atoms with E-state index in [0.29, 0.717) is 21.9 Å². The lowest BCUT2D eigenvalue weighted by molar-refractivity contribution is -0.116. The molecule has 0 unspecified atom stereocenters. The SMILES string of the molecule is COc1ccc(S(=O)(=O)CCCC(=O)Nc2nc(-c3ccccc3)c(C(=O)c3ccccc3)s2)cc1. The van der Waals surface area contributed by atoms with Crippen molar-refractivity contribution in [3.63, 3.8) is 0 Å². The number of benzene rings is 3. The van der Waals surface area contributed by atoms with E-state index in [0.717, 1.165) is 16.9 Å². The molecule has 0 atom stereocenters. The predicted octanol–water partition coefficient (Wildman–Crippen LogP) is 5.24. The first-order valence-electron chi connectivity index (χ1n) is 11.2. The number of sulfone groups is 1. The number of carbonyl (C=O) groups excluding carboxylic acids is 2. The summed E-state index contributed by atoms with van der Waals surface area (Å²) < 4.78 is 30.2. The molecule has 0 saturated heterocycles. The second kappa shape index (κ2) is 11.3. The Morgan fingerprint density at radius 2 is 1.56 bits per heavy atom. The number of nitrogens with zero attached hydrogens (tertiary/aromatic N) is 1. The third-order valence-corrected chi connectivity index (χ3v) is 8.18. The molecule has 0 radical (unpaired) electrons. The van der Waals surface area contributed by atoms with E-state index in [4.69, 9.17) is 4.74 Å². The molecule has 4 aromatic rings. The summed E-state index contributed by atoms with van der Waals surface area (Å²) in [4.78, 5) is 30.9. The Morgan fingerprint density at radius 1 is 0.917 bits per heavy atom. The zero-order valence-electron chi connectivity index (χ0n) is 19.5. The van der Waals surface area contributed by atoms with Gasteiger partial charge in [0, 0.05) is 17.5 Å². The van der Waals surface area contributed by atoms with Crippen molar-refractivity contribution < 1.29 is 22.7 Å². The van der Waals surface area contributed by atoms with Crippen LogP contribution >= 0.6 is 11.3 Å². The average molecular weight is 521 g/mol. The quantitative estimate of drug-likeness (QED) is 0.287. The number of hydrogen-bond donors (Lipinski definition) is 1. The summed E-state index contributed by atoms with van der Waals surface area (Å²) in [6.45, 7) is 0. The number of methoxy groups -OCH3 is 1. The lowest BCUT2D eigenvalue weighted by atomic mass is 10.1. The van der Waals surface area contributed by atoms with Crippen molar-refractivity contribution in [2.45, 2.75) is 17.7 Å². The molecule has 0 fully saturated rings. The van der Waals surface area contributed by atoms with Crippen molar-refractivity contribution in [3.8, 4) is 17.0 Å². The van der Waals surface area contributed by atoms with Crippen LogP contribution in [0.25, 0.3) is 11.3 Å². The third kappa shape index (κ3) is 6.05. The number of amides is 1. The van der Waals surface area contributed by atoms with Crippen molar-refractivity contribution in [3.05, 3.63) is 95.4 Å². The number of ketones is 1. The Kier molecular flexibility index (Phi) is 7.92. The Hall–Kier alpha value is -3.82. The Bertz CT molecular complexity index is 1450. The summed E-state index contributed by atoms with van der Waals surface area (Å²) in [7, 11) is -2.02. The van der Waals surface area contributed by atoms with Gasteiger partial charge in [0.25, 0.3) is 0 Å². The minimum absolute atomic E-state index is 0.00238. The van der Waals surface area contributed by atoms with E-state index in [-0.39, 0.29) is 40.3 Å². The third-order valence-electron chi connectivity index (χ3n) is 5.40. The molecule has 1 aromatic heterocycles. The maximum Gasteiger partial charge on any atom is 0.226 e. The molecule has 0 aliphatic heterocycles. The highest BCUT2D eigenvalue weighted by molar-refractivity contribution is 7.91. The normalized spacial score (nSPS) is 11.1. The standard InChI is InChI=1S/C27H24N2O5S2/c1-34-21-14-16-22(17-15-21)36(32,33)18-8-13-23(30)28-27-29-24(19-9-4-2-5-10-19)26(35-27)25(31)20-11-6-3-7-12-20/h2-7,9-12,14-17H,8,13,18H2,1H3,(H,28,29,30). The van der Waals surface area contributed by atoms with Gasteiger partial charge in [0.1, 0.15) is 10.6 Å².